The van der Waals surface area contributed by atoms with Crippen molar-refractivity contribution in [2.24, 2.45) is 0 Å². The van der Waals surface area contributed by atoms with E-state index in [9.17, 15) is 13.2 Å². The molecule has 1 amide bonds. The molecule has 1 fully saturated rings. The number of nitrogens with zero attached hydrogens (tertiary/aromatic N) is 2. The van der Waals surface area contributed by atoms with Gasteiger partial charge in [-0.3, -0.25) is 4.79 Å². The van der Waals surface area contributed by atoms with Gasteiger partial charge in [0.25, 0.3) is 0 Å². The Labute approximate surface area is 152 Å². The third-order valence-corrected chi connectivity index (χ3v) is 6.79. The van der Waals surface area contributed by atoms with Gasteiger partial charge in [0.2, 0.25) is 15.9 Å². The van der Waals surface area contributed by atoms with Crippen LogP contribution in [0.5, 0.6) is 5.75 Å². The van der Waals surface area contributed by atoms with Gasteiger partial charge >= 0.3 is 0 Å². The highest BCUT2D eigenvalue weighted by atomic mass is 32.2. The van der Waals surface area contributed by atoms with Gasteiger partial charge in [0.15, 0.2) is 0 Å². The molecule has 1 aromatic heterocycles. The summed E-state index contributed by atoms with van der Waals surface area (Å²) < 4.78 is 38.2. The summed E-state index contributed by atoms with van der Waals surface area (Å²) in [7, 11) is -2.06. The number of carbonyl (C=O) groups is 1. The van der Waals surface area contributed by atoms with Crippen LogP contribution >= 0.6 is 0 Å². The molecule has 0 radical (unpaired) electrons. The van der Waals surface area contributed by atoms with Crippen LogP contribution in [0.4, 0.5) is 0 Å². The van der Waals surface area contributed by atoms with Crippen LogP contribution in [0.25, 0.3) is 0 Å². The smallest absolute Gasteiger partial charge is 0.246 e. The molecule has 26 heavy (non-hydrogen) atoms. The lowest BCUT2D eigenvalue weighted by Crippen LogP contribution is -2.48. The average molecular weight is 376 g/mol. The van der Waals surface area contributed by atoms with Crippen LogP contribution in [0.3, 0.4) is 0 Å². The molecule has 1 spiro atoms. The van der Waals surface area contributed by atoms with Crippen LogP contribution < -0.4 is 4.74 Å². The van der Waals surface area contributed by atoms with Gasteiger partial charge in [0.1, 0.15) is 22.0 Å². The van der Waals surface area contributed by atoms with Crippen molar-refractivity contribution in [1.29, 1.82) is 0 Å². The highest BCUT2D eigenvalue weighted by molar-refractivity contribution is 7.89. The van der Waals surface area contributed by atoms with Gasteiger partial charge in [-0.05, 0) is 24.3 Å². The van der Waals surface area contributed by atoms with Gasteiger partial charge in [0, 0.05) is 20.0 Å². The van der Waals surface area contributed by atoms with E-state index >= 15 is 0 Å². The molecule has 0 aliphatic carbocycles. The number of carbonyl (C=O) groups excluding carboxylic acids is 1. The molecule has 138 valence electrons. The lowest BCUT2D eigenvalue weighted by molar-refractivity contribution is -0.130. The number of rotatable bonds is 2. The summed E-state index contributed by atoms with van der Waals surface area (Å²) in [6.45, 7) is 1.07. The summed E-state index contributed by atoms with van der Waals surface area (Å²) in [4.78, 5) is 14.4. The van der Waals surface area contributed by atoms with Gasteiger partial charge in [-0.2, -0.15) is 4.31 Å². The third kappa shape index (κ3) is 2.89. The maximum absolute atomic E-state index is 12.7. The first-order chi connectivity index (χ1) is 12.4. The van der Waals surface area contributed by atoms with Crippen LogP contribution in [-0.2, 0) is 21.2 Å². The summed E-state index contributed by atoms with van der Waals surface area (Å²) in [6, 6.07) is 10.2. The summed E-state index contributed by atoms with van der Waals surface area (Å²) >= 11 is 0. The molecule has 2 aliphatic rings. The van der Waals surface area contributed by atoms with Crippen LogP contribution in [-0.4, -0.2) is 55.8 Å². The molecule has 2 aromatic rings. The summed E-state index contributed by atoms with van der Waals surface area (Å²) in [5.74, 6) is 0.906. The molecule has 1 saturated heterocycles. The number of benzene rings is 1. The van der Waals surface area contributed by atoms with Crippen molar-refractivity contribution in [3.8, 4) is 5.75 Å². The number of fused-ring (bicyclic) bond motifs is 1. The van der Waals surface area contributed by atoms with Gasteiger partial charge < -0.3 is 14.1 Å². The van der Waals surface area contributed by atoms with Crippen molar-refractivity contribution >= 4 is 15.9 Å². The summed E-state index contributed by atoms with van der Waals surface area (Å²) in [5, 5.41) is 0. The Morgan fingerprint density at radius 1 is 1.19 bits per heavy atom. The minimum Gasteiger partial charge on any atom is -0.483 e. The number of para-hydroxylation sites is 1. The van der Waals surface area contributed by atoms with Gasteiger partial charge in [-0.15, -0.1) is 0 Å². The lowest BCUT2D eigenvalue weighted by Gasteiger charge is -2.30. The second kappa shape index (κ2) is 6.14. The van der Waals surface area contributed by atoms with E-state index in [2.05, 4.69) is 0 Å². The molecule has 3 heterocycles. The molecule has 1 unspecified atom stereocenters. The normalized spacial score (nSPS) is 24.9. The topological polar surface area (TPSA) is 80.1 Å². The lowest BCUT2D eigenvalue weighted by atomic mass is 10.0. The largest absolute Gasteiger partial charge is 0.483 e. The van der Waals surface area contributed by atoms with Crippen molar-refractivity contribution in [1.82, 2.24) is 9.21 Å². The van der Waals surface area contributed by atoms with Crippen molar-refractivity contribution in [3.63, 3.8) is 0 Å². The SMILES string of the molecule is CN1CC2(CCN(C(=O)Cc3ccco3)C2)Oc2ccccc2S1(=O)=O. The van der Waals surface area contributed by atoms with E-state index < -0.39 is 15.6 Å². The number of hydrogen-bond donors (Lipinski definition) is 0. The molecule has 7 nitrogen and oxygen atoms in total. The molecule has 2 aliphatic heterocycles. The van der Waals surface area contributed by atoms with Crippen molar-refractivity contribution < 1.29 is 22.4 Å². The fraction of sp³-hybridized carbons (Fsp3) is 0.389. The second-order valence-corrected chi connectivity index (χ2v) is 8.83. The Kier molecular flexibility index (Phi) is 4.04. The molecular weight excluding hydrogens is 356 g/mol. The molecule has 4 rings (SSSR count). The molecule has 0 saturated carbocycles. The first-order valence-corrected chi connectivity index (χ1v) is 9.88. The predicted octanol–water partition coefficient (Wildman–Crippen LogP) is 1.51. The highest BCUT2D eigenvalue weighted by Gasteiger charge is 2.47. The number of likely N-dealkylation sites (tertiary alicyclic amines) is 1. The average Bonchev–Trinajstić information content (AvgIpc) is 3.23. The van der Waals surface area contributed by atoms with Gasteiger partial charge in [-0.25, -0.2) is 8.42 Å². The fourth-order valence-electron chi connectivity index (χ4n) is 3.62. The fourth-order valence-corrected chi connectivity index (χ4v) is 4.97. The number of sulfonamides is 1. The number of amides is 1. The number of hydrogen-bond acceptors (Lipinski definition) is 5. The monoisotopic (exact) mass is 376 g/mol. The minimum absolute atomic E-state index is 0.0523. The van der Waals surface area contributed by atoms with Crippen LogP contribution in [0.2, 0.25) is 0 Å². The zero-order valence-corrected chi connectivity index (χ0v) is 15.2. The van der Waals surface area contributed by atoms with Crippen molar-refractivity contribution in [3.05, 3.63) is 48.4 Å². The molecule has 1 aromatic carbocycles. The van der Waals surface area contributed by atoms with Crippen molar-refractivity contribution in [2.45, 2.75) is 23.3 Å². The second-order valence-electron chi connectivity index (χ2n) is 6.81. The number of furan rings is 1. The van der Waals surface area contributed by atoms with E-state index in [1.54, 1.807) is 54.6 Å². The van der Waals surface area contributed by atoms with E-state index in [4.69, 9.17) is 9.15 Å². The zero-order valence-electron chi connectivity index (χ0n) is 14.4. The molecule has 1 atom stereocenters. The molecular formula is C18H20N2O5S. The van der Waals surface area contributed by atoms with Gasteiger partial charge in [0.05, 0.1) is 25.8 Å². The summed E-state index contributed by atoms with van der Waals surface area (Å²) in [5.41, 5.74) is -0.743. The summed E-state index contributed by atoms with van der Waals surface area (Å²) in [6.07, 6.45) is 2.30. The Bertz CT molecular complexity index is 925. The maximum atomic E-state index is 12.7. The maximum Gasteiger partial charge on any atom is 0.246 e. The highest BCUT2D eigenvalue weighted by Crippen LogP contribution is 2.37. The van der Waals surface area contributed by atoms with Gasteiger partial charge in [-0.1, -0.05) is 12.1 Å². The Morgan fingerprint density at radius 2 is 2.00 bits per heavy atom. The van der Waals surface area contributed by atoms with E-state index in [0.29, 0.717) is 31.0 Å². The molecule has 8 heteroatoms. The van der Waals surface area contributed by atoms with E-state index in [1.807, 2.05) is 0 Å². The zero-order chi connectivity index (χ0) is 18.4. The van der Waals surface area contributed by atoms with Crippen molar-refractivity contribution in [2.75, 3.05) is 26.7 Å². The first kappa shape index (κ1) is 17.1. The quantitative estimate of drug-likeness (QED) is 0.794. The Hall–Kier alpha value is -2.32. The van der Waals surface area contributed by atoms with Crippen LogP contribution in [0.1, 0.15) is 12.2 Å². The van der Waals surface area contributed by atoms with Crippen LogP contribution in [0, 0.1) is 0 Å². The van der Waals surface area contributed by atoms with E-state index in [-0.39, 0.29) is 23.8 Å². The molecule has 0 bridgehead atoms. The third-order valence-electron chi connectivity index (χ3n) is 4.95. The standard InChI is InChI=1S/C18H20N2O5S/c1-19-12-18(25-15-6-2-3-7-16(15)26(19,22)23)8-9-20(13-18)17(21)11-14-5-4-10-24-14/h2-7,10H,8-9,11-13H2,1H3. The Morgan fingerprint density at radius 3 is 2.77 bits per heavy atom. The minimum atomic E-state index is -3.61. The predicted molar refractivity (Wildman–Crippen MR) is 93.2 cm³/mol. The van der Waals surface area contributed by atoms with E-state index in [0.717, 1.165) is 0 Å². The Balaban J connectivity index is 1.59. The molecule has 0 N–H and O–H groups in total. The number of ether oxygens (including phenoxy) is 1. The van der Waals surface area contributed by atoms with Crippen LogP contribution in [0.15, 0.2) is 52.0 Å². The van der Waals surface area contributed by atoms with E-state index in [1.165, 1.54) is 4.31 Å². The number of likely N-dealkylation sites (N-methyl/N-ethyl adjacent to an activating group) is 1. The first-order valence-electron chi connectivity index (χ1n) is 8.44.